The standard InChI is InChI=1S/C15H14BrFN2O/c16-11-5-7-12(8-6-11)19-15(20)9-10-18-14-4-2-1-3-13(14)17/h1-8,18H,9-10H2,(H,19,20). The number of rotatable bonds is 5. The van der Waals surface area contributed by atoms with E-state index in [1.54, 1.807) is 18.2 Å². The van der Waals surface area contributed by atoms with Crippen molar-refractivity contribution in [3.8, 4) is 0 Å². The Bertz CT molecular complexity index is 587. The maximum Gasteiger partial charge on any atom is 0.226 e. The lowest BCUT2D eigenvalue weighted by molar-refractivity contribution is -0.115. The minimum absolute atomic E-state index is 0.115. The Morgan fingerprint density at radius 1 is 1.10 bits per heavy atom. The normalized spacial score (nSPS) is 10.1. The van der Waals surface area contributed by atoms with Gasteiger partial charge in [0.05, 0.1) is 5.69 Å². The summed E-state index contributed by atoms with van der Waals surface area (Å²) < 4.78 is 14.3. The van der Waals surface area contributed by atoms with Gasteiger partial charge in [-0.3, -0.25) is 4.79 Å². The van der Waals surface area contributed by atoms with E-state index >= 15 is 0 Å². The molecule has 0 bridgehead atoms. The van der Waals surface area contributed by atoms with Crippen LogP contribution in [0.25, 0.3) is 0 Å². The van der Waals surface area contributed by atoms with Crippen molar-refractivity contribution in [2.45, 2.75) is 6.42 Å². The molecule has 0 aliphatic heterocycles. The summed E-state index contributed by atoms with van der Waals surface area (Å²) in [6, 6.07) is 13.7. The second-order valence-electron chi connectivity index (χ2n) is 4.21. The lowest BCUT2D eigenvalue weighted by Crippen LogP contribution is -2.16. The van der Waals surface area contributed by atoms with Crippen LogP contribution in [0.5, 0.6) is 0 Å². The van der Waals surface area contributed by atoms with E-state index in [9.17, 15) is 9.18 Å². The molecule has 0 aliphatic carbocycles. The fourth-order valence-electron chi connectivity index (χ4n) is 1.67. The van der Waals surface area contributed by atoms with Crippen molar-refractivity contribution in [2.75, 3.05) is 17.2 Å². The molecule has 0 unspecified atom stereocenters. The van der Waals surface area contributed by atoms with Crippen molar-refractivity contribution in [2.24, 2.45) is 0 Å². The molecular weight excluding hydrogens is 323 g/mol. The monoisotopic (exact) mass is 336 g/mol. The molecule has 0 spiro atoms. The van der Waals surface area contributed by atoms with Gasteiger partial charge in [0.1, 0.15) is 5.82 Å². The highest BCUT2D eigenvalue weighted by molar-refractivity contribution is 9.10. The first-order chi connectivity index (χ1) is 9.65. The van der Waals surface area contributed by atoms with Crippen LogP contribution < -0.4 is 10.6 Å². The topological polar surface area (TPSA) is 41.1 Å². The van der Waals surface area contributed by atoms with Crippen molar-refractivity contribution in [1.82, 2.24) is 0 Å². The summed E-state index contributed by atoms with van der Waals surface area (Å²) in [6.07, 6.45) is 0.268. The van der Waals surface area contributed by atoms with Crippen LogP contribution in [0.1, 0.15) is 6.42 Å². The minimum atomic E-state index is -0.319. The number of halogens is 2. The highest BCUT2D eigenvalue weighted by atomic mass is 79.9. The van der Waals surface area contributed by atoms with Gasteiger partial charge in [0.25, 0.3) is 0 Å². The van der Waals surface area contributed by atoms with Crippen LogP contribution in [0.4, 0.5) is 15.8 Å². The largest absolute Gasteiger partial charge is 0.382 e. The quantitative estimate of drug-likeness (QED) is 0.865. The molecule has 2 N–H and O–H groups in total. The lowest BCUT2D eigenvalue weighted by Gasteiger charge is -2.08. The molecule has 20 heavy (non-hydrogen) atoms. The van der Waals surface area contributed by atoms with E-state index in [1.807, 2.05) is 24.3 Å². The van der Waals surface area contributed by atoms with E-state index < -0.39 is 0 Å². The van der Waals surface area contributed by atoms with E-state index in [-0.39, 0.29) is 18.1 Å². The Morgan fingerprint density at radius 2 is 1.80 bits per heavy atom. The molecule has 3 nitrogen and oxygen atoms in total. The van der Waals surface area contributed by atoms with Crippen LogP contribution in [-0.2, 0) is 4.79 Å². The first-order valence-electron chi connectivity index (χ1n) is 6.19. The van der Waals surface area contributed by atoms with Gasteiger partial charge in [-0.1, -0.05) is 28.1 Å². The Balaban J connectivity index is 1.78. The summed E-state index contributed by atoms with van der Waals surface area (Å²) in [5, 5.41) is 5.67. The molecule has 0 aromatic heterocycles. The van der Waals surface area contributed by atoms with E-state index in [0.717, 1.165) is 10.2 Å². The van der Waals surface area contributed by atoms with Gasteiger partial charge in [-0.15, -0.1) is 0 Å². The second-order valence-corrected chi connectivity index (χ2v) is 5.13. The van der Waals surface area contributed by atoms with Gasteiger partial charge in [-0.05, 0) is 36.4 Å². The number of hydrogen-bond donors (Lipinski definition) is 2. The van der Waals surface area contributed by atoms with Gasteiger partial charge in [-0.25, -0.2) is 4.39 Å². The maximum absolute atomic E-state index is 13.3. The van der Waals surface area contributed by atoms with Gasteiger partial charge in [-0.2, -0.15) is 0 Å². The van der Waals surface area contributed by atoms with Crippen molar-refractivity contribution in [3.05, 3.63) is 58.8 Å². The van der Waals surface area contributed by atoms with Crippen molar-refractivity contribution in [3.63, 3.8) is 0 Å². The predicted octanol–water partition coefficient (Wildman–Crippen LogP) is 4.03. The van der Waals surface area contributed by atoms with Crippen LogP contribution in [0, 0.1) is 5.82 Å². The van der Waals surface area contributed by atoms with E-state index in [0.29, 0.717) is 12.2 Å². The van der Waals surface area contributed by atoms with Crippen LogP contribution in [0.15, 0.2) is 53.0 Å². The van der Waals surface area contributed by atoms with E-state index in [2.05, 4.69) is 26.6 Å². The van der Waals surface area contributed by atoms with Crippen molar-refractivity contribution in [1.29, 1.82) is 0 Å². The molecule has 1 amide bonds. The second kappa shape index (κ2) is 7.05. The molecule has 2 rings (SSSR count). The Kier molecular flexibility index (Phi) is 5.12. The smallest absolute Gasteiger partial charge is 0.226 e. The third-order valence-corrected chi connectivity index (χ3v) is 3.20. The molecule has 2 aromatic rings. The summed E-state index contributed by atoms with van der Waals surface area (Å²) in [4.78, 5) is 11.7. The summed E-state index contributed by atoms with van der Waals surface area (Å²) >= 11 is 3.33. The Labute approximate surface area is 125 Å². The van der Waals surface area contributed by atoms with Crippen LogP contribution in [-0.4, -0.2) is 12.5 Å². The zero-order valence-electron chi connectivity index (χ0n) is 10.7. The van der Waals surface area contributed by atoms with Gasteiger partial charge < -0.3 is 10.6 Å². The van der Waals surface area contributed by atoms with E-state index in [1.165, 1.54) is 6.07 Å². The zero-order valence-corrected chi connectivity index (χ0v) is 12.3. The zero-order chi connectivity index (χ0) is 14.4. The highest BCUT2D eigenvalue weighted by Gasteiger charge is 2.04. The highest BCUT2D eigenvalue weighted by Crippen LogP contribution is 2.15. The molecule has 0 saturated heterocycles. The number of para-hydroxylation sites is 1. The molecule has 0 heterocycles. The molecule has 0 saturated carbocycles. The molecule has 0 aliphatic rings. The SMILES string of the molecule is O=C(CCNc1ccccc1F)Nc1ccc(Br)cc1. The molecule has 2 aromatic carbocycles. The summed E-state index contributed by atoms with van der Waals surface area (Å²) in [5.41, 5.74) is 1.15. The number of benzene rings is 2. The number of nitrogens with one attached hydrogen (secondary N) is 2. The minimum Gasteiger partial charge on any atom is -0.382 e. The molecule has 0 atom stereocenters. The average Bonchev–Trinajstić information content (AvgIpc) is 2.43. The van der Waals surface area contributed by atoms with Gasteiger partial charge >= 0.3 is 0 Å². The summed E-state index contributed by atoms with van der Waals surface area (Å²) in [6.45, 7) is 0.378. The van der Waals surface area contributed by atoms with Crippen LogP contribution in [0.2, 0.25) is 0 Å². The lowest BCUT2D eigenvalue weighted by atomic mass is 10.3. The predicted molar refractivity (Wildman–Crippen MR) is 82.3 cm³/mol. The molecular formula is C15H14BrFN2O. The number of amides is 1. The van der Waals surface area contributed by atoms with Gasteiger partial charge in [0, 0.05) is 23.1 Å². The Hall–Kier alpha value is -1.88. The first kappa shape index (κ1) is 14.5. The van der Waals surface area contributed by atoms with Crippen molar-refractivity contribution >= 4 is 33.2 Å². The first-order valence-corrected chi connectivity index (χ1v) is 6.98. The fraction of sp³-hybridized carbons (Fsp3) is 0.133. The fourth-order valence-corrected chi connectivity index (χ4v) is 1.94. The number of carbonyl (C=O) groups is 1. The number of hydrogen-bond acceptors (Lipinski definition) is 2. The average molecular weight is 337 g/mol. The third-order valence-electron chi connectivity index (χ3n) is 2.67. The Morgan fingerprint density at radius 3 is 2.50 bits per heavy atom. The summed E-state index contributed by atoms with van der Waals surface area (Å²) in [5.74, 6) is -0.433. The number of carbonyl (C=O) groups excluding carboxylic acids is 1. The number of anilines is 2. The third kappa shape index (κ3) is 4.35. The summed E-state index contributed by atoms with van der Waals surface area (Å²) in [7, 11) is 0. The van der Waals surface area contributed by atoms with Crippen molar-refractivity contribution < 1.29 is 9.18 Å². The molecule has 104 valence electrons. The molecule has 5 heteroatoms. The van der Waals surface area contributed by atoms with Gasteiger partial charge in [0.15, 0.2) is 0 Å². The van der Waals surface area contributed by atoms with E-state index in [4.69, 9.17) is 0 Å². The van der Waals surface area contributed by atoms with Crippen LogP contribution in [0.3, 0.4) is 0 Å². The molecule has 0 fully saturated rings. The maximum atomic E-state index is 13.3. The van der Waals surface area contributed by atoms with Crippen LogP contribution >= 0.6 is 15.9 Å². The van der Waals surface area contributed by atoms with Gasteiger partial charge in [0.2, 0.25) is 5.91 Å². The molecule has 0 radical (unpaired) electrons.